The van der Waals surface area contributed by atoms with E-state index < -0.39 is 0 Å². The van der Waals surface area contributed by atoms with E-state index in [1.807, 2.05) is 29.6 Å². The van der Waals surface area contributed by atoms with Crippen LogP contribution >= 0.6 is 34.5 Å². The first-order valence-corrected chi connectivity index (χ1v) is 9.48. The topological polar surface area (TPSA) is 61.1 Å². The quantitative estimate of drug-likeness (QED) is 0.420. The fraction of sp³-hybridized carbons (Fsp3) is 0.105. The number of aromatic nitrogens is 1. The molecule has 0 fully saturated rings. The Morgan fingerprint density at radius 2 is 2.00 bits per heavy atom. The van der Waals surface area contributed by atoms with Gasteiger partial charge in [-0.1, -0.05) is 42.3 Å². The van der Waals surface area contributed by atoms with Crippen molar-refractivity contribution in [2.45, 2.75) is 13.3 Å². The van der Waals surface area contributed by atoms with Crippen molar-refractivity contribution in [3.63, 3.8) is 0 Å². The third-order valence-corrected chi connectivity index (χ3v) is 5.08. The lowest BCUT2D eigenvalue weighted by Crippen LogP contribution is -2.01. The van der Waals surface area contributed by atoms with Crippen molar-refractivity contribution < 1.29 is 0 Å². The summed E-state index contributed by atoms with van der Waals surface area (Å²) in [4.78, 5) is 4.48. The zero-order valence-electron chi connectivity index (χ0n) is 13.8. The Morgan fingerprint density at radius 1 is 1.23 bits per heavy atom. The maximum absolute atomic E-state index is 9.41. The van der Waals surface area contributed by atoms with Crippen LogP contribution in [0, 0.1) is 11.3 Å². The van der Waals surface area contributed by atoms with Gasteiger partial charge < -0.3 is 0 Å². The van der Waals surface area contributed by atoms with Crippen LogP contribution in [0.2, 0.25) is 10.0 Å². The third kappa shape index (κ3) is 4.23. The molecule has 1 aromatic heterocycles. The number of nitriles is 1. The molecule has 0 saturated carbocycles. The lowest BCUT2D eigenvalue weighted by Gasteiger charge is -2.02. The molecule has 26 heavy (non-hydrogen) atoms. The number of hydrazone groups is 1. The first kappa shape index (κ1) is 18.4. The van der Waals surface area contributed by atoms with Crippen LogP contribution in [0.3, 0.4) is 0 Å². The number of benzene rings is 2. The number of aryl methyl sites for hydroxylation is 1. The van der Waals surface area contributed by atoms with E-state index in [0.29, 0.717) is 20.7 Å². The molecule has 0 bridgehead atoms. The first-order chi connectivity index (χ1) is 12.6. The third-order valence-electron chi connectivity index (χ3n) is 3.68. The SMILES string of the molecule is CCc1ccc(N/N=C(\C#N)c2nc(-c3ccc(Cl)cc3Cl)cs2)cc1. The molecule has 0 spiro atoms. The summed E-state index contributed by atoms with van der Waals surface area (Å²) in [6.07, 6.45) is 0.974. The van der Waals surface area contributed by atoms with Gasteiger partial charge in [0.05, 0.1) is 16.4 Å². The van der Waals surface area contributed by atoms with Gasteiger partial charge >= 0.3 is 0 Å². The van der Waals surface area contributed by atoms with Crippen LogP contribution in [0.25, 0.3) is 11.3 Å². The van der Waals surface area contributed by atoms with Crippen LogP contribution in [0.1, 0.15) is 17.5 Å². The van der Waals surface area contributed by atoms with E-state index in [1.165, 1.54) is 16.9 Å². The number of rotatable bonds is 5. The zero-order chi connectivity index (χ0) is 18.5. The predicted molar refractivity (Wildman–Crippen MR) is 109 cm³/mol. The summed E-state index contributed by atoms with van der Waals surface area (Å²) in [7, 11) is 0. The molecule has 2 aromatic carbocycles. The largest absolute Gasteiger partial charge is 0.277 e. The fourth-order valence-electron chi connectivity index (χ4n) is 2.26. The lowest BCUT2D eigenvalue weighted by atomic mass is 10.2. The van der Waals surface area contributed by atoms with Gasteiger partial charge in [0.25, 0.3) is 0 Å². The smallest absolute Gasteiger partial charge is 0.196 e. The Hall–Kier alpha value is -2.39. The Labute approximate surface area is 165 Å². The summed E-state index contributed by atoms with van der Waals surface area (Å²) in [6, 6.07) is 15.2. The van der Waals surface area contributed by atoms with Crippen molar-refractivity contribution in [2.24, 2.45) is 5.10 Å². The van der Waals surface area contributed by atoms with Crippen molar-refractivity contribution >= 4 is 45.9 Å². The fourth-order valence-corrected chi connectivity index (χ4v) is 3.52. The first-order valence-electron chi connectivity index (χ1n) is 7.84. The van der Waals surface area contributed by atoms with Crippen LogP contribution in [-0.2, 0) is 6.42 Å². The van der Waals surface area contributed by atoms with E-state index in [2.05, 4.69) is 28.5 Å². The average Bonchev–Trinajstić information content (AvgIpc) is 3.12. The van der Waals surface area contributed by atoms with E-state index in [9.17, 15) is 5.26 Å². The van der Waals surface area contributed by atoms with Gasteiger partial charge in [0.2, 0.25) is 0 Å². The number of anilines is 1. The van der Waals surface area contributed by atoms with Crippen LogP contribution in [0.4, 0.5) is 5.69 Å². The number of thiazole rings is 1. The molecular formula is C19H14Cl2N4S. The highest BCUT2D eigenvalue weighted by molar-refractivity contribution is 7.12. The average molecular weight is 401 g/mol. The molecular weight excluding hydrogens is 387 g/mol. The lowest BCUT2D eigenvalue weighted by molar-refractivity contribution is 1.14. The molecule has 7 heteroatoms. The maximum Gasteiger partial charge on any atom is 0.196 e. The molecule has 0 atom stereocenters. The second-order valence-corrected chi connectivity index (χ2v) is 7.10. The monoisotopic (exact) mass is 400 g/mol. The number of nitrogens with one attached hydrogen (secondary N) is 1. The molecule has 4 nitrogen and oxygen atoms in total. The minimum absolute atomic E-state index is 0.214. The zero-order valence-corrected chi connectivity index (χ0v) is 16.2. The van der Waals surface area contributed by atoms with E-state index >= 15 is 0 Å². The summed E-state index contributed by atoms with van der Waals surface area (Å²) in [5, 5.41) is 17.0. The highest BCUT2D eigenvalue weighted by atomic mass is 35.5. The molecule has 3 rings (SSSR count). The minimum atomic E-state index is 0.214. The molecule has 0 radical (unpaired) electrons. The van der Waals surface area contributed by atoms with Crippen molar-refractivity contribution in [3.05, 3.63) is 68.5 Å². The number of hydrogen-bond donors (Lipinski definition) is 1. The van der Waals surface area contributed by atoms with Crippen LogP contribution in [-0.4, -0.2) is 10.7 Å². The highest BCUT2D eigenvalue weighted by Crippen LogP contribution is 2.31. The second kappa shape index (κ2) is 8.33. The van der Waals surface area contributed by atoms with E-state index in [4.69, 9.17) is 23.2 Å². The summed E-state index contributed by atoms with van der Waals surface area (Å²) in [5.74, 6) is 0. The van der Waals surface area contributed by atoms with Crippen molar-refractivity contribution in [2.75, 3.05) is 5.43 Å². The van der Waals surface area contributed by atoms with Crippen LogP contribution in [0.5, 0.6) is 0 Å². The van der Waals surface area contributed by atoms with Gasteiger partial charge in [-0.05, 0) is 42.3 Å². The standard InChI is InChI=1S/C19H14Cl2N4S/c1-2-12-3-6-14(7-4-12)24-25-17(10-22)19-23-18(11-26-19)15-8-5-13(20)9-16(15)21/h3-9,11,24H,2H2,1H3/b25-17+. The molecule has 130 valence electrons. The Bertz CT molecular complexity index is 988. The molecule has 0 amide bonds. The maximum atomic E-state index is 9.41. The summed E-state index contributed by atoms with van der Waals surface area (Å²) in [5.41, 5.74) is 6.61. The number of hydrogen-bond acceptors (Lipinski definition) is 5. The molecule has 0 aliphatic carbocycles. The summed E-state index contributed by atoms with van der Waals surface area (Å²) >= 11 is 13.5. The Morgan fingerprint density at radius 3 is 2.65 bits per heavy atom. The van der Waals surface area contributed by atoms with Crippen molar-refractivity contribution in [1.29, 1.82) is 5.26 Å². The van der Waals surface area contributed by atoms with Gasteiger partial charge in [0.15, 0.2) is 10.7 Å². The molecule has 3 aromatic rings. The summed E-state index contributed by atoms with van der Waals surface area (Å²) < 4.78 is 0. The van der Waals surface area contributed by atoms with Gasteiger partial charge in [0, 0.05) is 16.0 Å². The van der Waals surface area contributed by atoms with Crippen molar-refractivity contribution in [1.82, 2.24) is 4.98 Å². The number of nitrogens with zero attached hydrogens (tertiary/aromatic N) is 3. The van der Waals surface area contributed by atoms with E-state index in [-0.39, 0.29) is 5.71 Å². The Kier molecular flexibility index (Phi) is 5.89. The minimum Gasteiger partial charge on any atom is -0.277 e. The van der Waals surface area contributed by atoms with E-state index in [1.54, 1.807) is 18.2 Å². The van der Waals surface area contributed by atoms with Gasteiger partial charge in [-0.2, -0.15) is 10.4 Å². The molecule has 1 heterocycles. The van der Waals surface area contributed by atoms with Crippen molar-refractivity contribution in [3.8, 4) is 17.3 Å². The molecule has 0 aliphatic rings. The normalized spacial score (nSPS) is 11.2. The Balaban J connectivity index is 1.82. The predicted octanol–water partition coefficient (Wildman–Crippen LogP) is 6.02. The van der Waals surface area contributed by atoms with Crippen LogP contribution in [0.15, 0.2) is 52.9 Å². The van der Waals surface area contributed by atoms with Gasteiger partial charge in [0.1, 0.15) is 6.07 Å². The molecule has 0 saturated heterocycles. The van der Waals surface area contributed by atoms with Gasteiger partial charge in [-0.25, -0.2) is 4.98 Å². The molecule has 1 N–H and O–H groups in total. The van der Waals surface area contributed by atoms with Gasteiger partial charge in [-0.3, -0.25) is 5.43 Å². The highest BCUT2D eigenvalue weighted by Gasteiger charge is 2.13. The molecule has 0 aliphatic heterocycles. The van der Waals surface area contributed by atoms with Crippen LogP contribution < -0.4 is 5.43 Å². The summed E-state index contributed by atoms with van der Waals surface area (Å²) in [6.45, 7) is 2.10. The number of halogens is 2. The van der Waals surface area contributed by atoms with Gasteiger partial charge in [-0.15, -0.1) is 11.3 Å². The van der Waals surface area contributed by atoms with E-state index in [0.717, 1.165) is 17.7 Å². The molecule has 0 unspecified atom stereocenters. The second-order valence-electron chi connectivity index (χ2n) is 5.40.